The maximum absolute atomic E-state index is 4.64. The third-order valence-corrected chi connectivity index (χ3v) is 3.41. The molecule has 1 aromatic carbocycles. The van der Waals surface area contributed by atoms with Gasteiger partial charge in [-0.3, -0.25) is 0 Å². The third-order valence-electron chi connectivity index (χ3n) is 2.77. The Morgan fingerprint density at radius 1 is 1.35 bits per heavy atom. The summed E-state index contributed by atoms with van der Waals surface area (Å²) in [6.07, 6.45) is 1.88. The maximum atomic E-state index is 4.64. The number of halogens is 1. The number of benzene rings is 1. The van der Waals surface area contributed by atoms with Gasteiger partial charge in [-0.05, 0) is 42.8 Å². The van der Waals surface area contributed by atoms with Gasteiger partial charge in [0.1, 0.15) is 0 Å². The van der Waals surface area contributed by atoms with Crippen molar-refractivity contribution in [2.24, 2.45) is 0 Å². The van der Waals surface area contributed by atoms with Crippen LogP contribution in [0.2, 0.25) is 0 Å². The Bertz CT molecular complexity index is 525. The summed E-state index contributed by atoms with van der Waals surface area (Å²) in [5.74, 6) is 0.793. The average molecular weight is 294 g/mol. The largest absolute Gasteiger partial charge is 0.339 e. The molecule has 0 N–H and O–H groups in total. The summed E-state index contributed by atoms with van der Waals surface area (Å²) in [5.41, 5.74) is 0.969. The number of hydrogen-bond donors (Lipinski definition) is 0. The Hall–Kier alpha value is -1.16. The van der Waals surface area contributed by atoms with E-state index in [1.54, 1.807) is 0 Å². The summed E-state index contributed by atoms with van der Waals surface area (Å²) in [5, 5.41) is 1.06. The van der Waals surface area contributed by atoms with Crippen LogP contribution in [0.15, 0.2) is 28.9 Å². The van der Waals surface area contributed by atoms with Crippen LogP contribution in [0.4, 0.5) is 5.95 Å². The summed E-state index contributed by atoms with van der Waals surface area (Å²) in [6.45, 7) is 7.33. The van der Waals surface area contributed by atoms with Crippen molar-refractivity contribution in [1.29, 1.82) is 0 Å². The summed E-state index contributed by atoms with van der Waals surface area (Å²) >= 11 is 3.53. The predicted molar refractivity (Wildman–Crippen MR) is 75.4 cm³/mol. The molecule has 0 amide bonds. The van der Waals surface area contributed by atoms with Crippen molar-refractivity contribution in [2.45, 2.75) is 26.8 Å². The quantitative estimate of drug-likeness (QED) is 0.865. The molecule has 0 aliphatic carbocycles. The van der Waals surface area contributed by atoms with Crippen LogP contribution in [0.3, 0.4) is 0 Å². The molecule has 4 heteroatoms. The number of anilines is 1. The minimum atomic E-state index is 0.403. The standard InChI is InChI=1S/C13H16BrN3/c1-4-17(9(2)3)13-15-8-10-6-5-7-11(14)12(10)16-13/h5-9H,4H2,1-3H3. The normalized spacial score (nSPS) is 11.1. The lowest BCUT2D eigenvalue weighted by Gasteiger charge is -2.25. The molecule has 2 rings (SSSR count). The van der Waals surface area contributed by atoms with Crippen molar-refractivity contribution in [3.05, 3.63) is 28.9 Å². The van der Waals surface area contributed by atoms with E-state index < -0.39 is 0 Å². The van der Waals surface area contributed by atoms with E-state index in [-0.39, 0.29) is 0 Å². The first kappa shape index (κ1) is 12.3. The minimum Gasteiger partial charge on any atom is -0.339 e. The third kappa shape index (κ3) is 2.41. The van der Waals surface area contributed by atoms with Crippen molar-refractivity contribution in [3.63, 3.8) is 0 Å². The molecule has 0 radical (unpaired) electrons. The van der Waals surface area contributed by atoms with Crippen LogP contribution in [0, 0.1) is 0 Å². The first-order valence-corrected chi connectivity index (χ1v) is 6.60. The second kappa shape index (κ2) is 5.00. The Kier molecular flexibility index (Phi) is 3.62. The van der Waals surface area contributed by atoms with Crippen molar-refractivity contribution < 1.29 is 0 Å². The van der Waals surface area contributed by atoms with Crippen LogP contribution in [0.1, 0.15) is 20.8 Å². The molecule has 0 fully saturated rings. The number of rotatable bonds is 3. The molecule has 90 valence electrons. The van der Waals surface area contributed by atoms with Gasteiger partial charge in [0.25, 0.3) is 0 Å². The van der Waals surface area contributed by atoms with E-state index in [1.165, 1.54) is 0 Å². The molecule has 0 aliphatic heterocycles. The number of para-hydroxylation sites is 1. The molecular formula is C13H16BrN3. The monoisotopic (exact) mass is 293 g/mol. The van der Waals surface area contributed by atoms with E-state index in [0.29, 0.717) is 6.04 Å². The Morgan fingerprint density at radius 2 is 2.12 bits per heavy atom. The minimum absolute atomic E-state index is 0.403. The van der Waals surface area contributed by atoms with E-state index in [0.717, 1.165) is 27.9 Å². The predicted octanol–water partition coefficient (Wildman–Crippen LogP) is 3.63. The Labute approximate surface area is 110 Å². The topological polar surface area (TPSA) is 29.0 Å². The van der Waals surface area contributed by atoms with Gasteiger partial charge < -0.3 is 4.90 Å². The first-order chi connectivity index (χ1) is 8.13. The van der Waals surface area contributed by atoms with Gasteiger partial charge in [0.2, 0.25) is 5.95 Å². The van der Waals surface area contributed by atoms with Gasteiger partial charge in [-0.2, -0.15) is 0 Å². The number of hydrogen-bond acceptors (Lipinski definition) is 3. The van der Waals surface area contributed by atoms with Crippen molar-refractivity contribution in [3.8, 4) is 0 Å². The molecule has 1 aromatic heterocycles. The molecule has 3 nitrogen and oxygen atoms in total. The fourth-order valence-electron chi connectivity index (χ4n) is 1.89. The lowest BCUT2D eigenvalue weighted by molar-refractivity contribution is 0.683. The van der Waals surface area contributed by atoms with E-state index in [4.69, 9.17) is 0 Å². The second-order valence-corrected chi connectivity index (χ2v) is 5.08. The van der Waals surface area contributed by atoms with Crippen LogP contribution in [-0.2, 0) is 0 Å². The summed E-state index contributed by atoms with van der Waals surface area (Å²) in [4.78, 5) is 11.2. The van der Waals surface area contributed by atoms with Gasteiger partial charge in [0, 0.05) is 28.6 Å². The van der Waals surface area contributed by atoms with Gasteiger partial charge in [-0.25, -0.2) is 9.97 Å². The molecule has 0 bridgehead atoms. The van der Waals surface area contributed by atoms with Crippen LogP contribution in [-0.4, -0.2) is 22.6 Å². The molecule has 1 heterocycles. The van der Waals surface area contributed by atoms with Crippen LogP contribution in [0.5, 0.6) is 0 Å². The molecule has 2 aromatic rings. The van der Waals surface area contributed by atoms with Crippen LogP contribution < -0.4 is 4.90 Å². The number of fused-ring (bicyclic) bond motifs is 1. The Balaban J connectivity index is 2.53. The molecule has 0 saturated heterocycles. The highest BCUT2D eigenvalue weighted by Crippen LogP contribution is 2.23. The van der Waals surface area contributed by atoms with E-state index in [1.807, 2.05) is 24.4 Å². The van der Waals surface area contributed by atoms with E-state index >= 15 is 0 Å². The maximum Gasteiger partial charge on any atom is 0.226 e. The molecule has 0 unspecified atom stereocenters. The summed E-state index contributed by atoms with van der Waals surface area (Å²) in [7, 11) is 0. The Morgan fingerprint density at radius 3 is 2.76 bits per heavy atom. The van der Waals surface area contributed by atoms with Gasteiger partial charge in [0.15, 0.2) is 0 Å². The fourth-order valence-corrected chi connectivity index (χ4v) is 2.36. The smallest absolute Gasteiger partial charge is 0.226 e. The van der Waals surface area contributed by atoms with Crippen LogP contribution >= 0.6 is 15.9 Å². The SMILES string of the molecule is CCN(c1ncc2cccc(Br)c2n1)C(C)C. The zero-order valence-electron chi connectivity index (χ0n) is 10.3. The zero-order valence-corrected chi connectivity index (χ0v) is 11.9. The highest BCUT2D eigenvalue weighted by Gasteiger charge is 2.12. The van der Waals surface area contributed by atoms with Gasteiger partial charge >= 0.3 is 0 Å². The van der Waals surface area contributed by atoms with E-state index in [9.17, 15) is 0 Å². The molecule has 0 aliphatic rings. The fraction of sp³-hybridized carbons (Fsp3) is 0.385. The van der Waals surface area contributed by atoms with Crippen molar-refractivity contribution in [2.75, 3.05) is 11.4 Å². The molecule has 17 heavy (non-hydrogen) atoms. The molecular weight excluding hydrogens is 278 g/mol. The summed E-state index contributed by atoms with van der Waals surface area (Å²) in [6, 6.07) is 6.43. The summed E-state index contributed by atoms with van der Waals surface area (Å²) < 4.78 is 1.01. The molecule has 0 spiro atoms. The van der Waals surface area contributed by atoms with Crippen molar-refractivity contribution in [1.82, 2.24) is 9.97 Å². The number of nitrogens with zero attached hydrogens (tertiary/aromatic N) is 3. The first-order valence-electron chi connectivity index (χ1n) is 5.81. The lowest BCUT2D eigenvalue weighted by atomic mass is 10.2. The van der Waals surface area contributed by atoms with Gasteiger partial charge in [-0.1, -0.05) is 12.1 Å². The average Bonchev–Trinajstić information content (AvgIpc) is 2.30. The van der Waals surface area contributed by atoms with E-state index in [2.05, 4.69) is 51.6 Å². The number of aromatic nitrogens is 2. The molecule has 0 atom stereocenters. The lowest BCUT2D eigenvalue weighted by Crippen LogP contribution is -2.31. The van der Waals surface area contributed by atoms with Gasteiger partial charge in [0.05, 0.1) is 5.52 Å². The zero-order chi connectivity index (χ0) is 12.4. The highest BCUT2D eigenvalue weighted by atomic mass is 79.9. The second-order valence-electron chi connectivity index (χ2n) is 4.23. The molecule has 0 saturated carbocycles. The van der Waals surface area contributed by atoms with Gasteiger partial charge in [-0.15, -0.1) is 0 Å². The van der Waals surface area contributed by atoms with Crippen LogP contribution in [0.25, 0.3) is 10.9 Å². The van der Waals surface area contributed by atoms with Crippen molar-refractivity contribution >= 4 is 32.8 Å². The highest BCUT2D eigenvalue weighted by molar-refractivity contribution is 9.10.